The summed E-state index contributed by atoms with van der Waals surface area (Å²) < 4.78 is 38.1. The molecule has 0 saturated heterocycles. The van der Waals surface area contributed by atoms with Gasteiger partial charge < -0.3 is 0 Å². The molecule has 1 aromatic carbocycles. The summed E-state index contributed by atoms with van der Waals surface area (Å²) >= 11 is 1.22. The molecule has 0 bridgehead atoms. The van der Waals surface area contributed by atoms with E-state index in [9.17, 15) is 22.4 Å². The van der Waals surface area contributed by atoms with Gasteiger partial charge in [-0.05, 0) is 23.6 Å². The van der Waals surface area contributed by atoms with Gasteiger partial charge in [-0.25, -0.2) is 17.7 Å². The fourth-order valence-electron chi connectivity index (χ4n) is 2.32. The molecule has 0 saturated carbocycles. The van der Waals surface area contributed by atoms with Crippen LogP contribution in [0.4, 0.5) is 10.1 Å². The van der Waals surface area contributed by atoms with E-state index < -0.39 is 31.6 Å². The number of halogens is 2. The van der Waals surface area contributed by atoms with Crippen molar-refractivity contribution in [3.8, 4) is 10.4 Å². The maximum Gasteiger partial charge on any atom is 0.263 e. The van der Waals surface area contributed by atoms with Gasteiger partial charge in [0.05, 0.1) is 5.69 Å². The van der Waals surface area contributed by atoms with Crippen LogP contribution in [0.3, 0.4) is 0 Å². The number of hydrogen-bond donors (Lipinski definition) is 0. The lowest BCUT2D eigenvalue weighted by atomic mass is 10.1. The number of nitrogens with zero attached hydrogens (tertiary/aromatic N) is 1. The molecule has 0 fully saturated rings. The molecule has 25 heavy (non-hydrogen) atoms. The lowest BCUT2D eigenvalue weighted by Crippen LogP contribution is -2.37. The molecule has 0 N–H and O–H groups in total. The van der Waals surface area contributed by atoms with Gasteiger partial charge in [-0.2, -0.15) is 0 Å². The summed E-state index contributed by atoms with van der Waals surface area (Å²) in [5.74, 6) is -2.03. The Hall–Kier alpha value is -1.77. The third-order valence-corrected chi connectivity index (χ3v) is 5.65. The van der Waals surface area contributed by atoms with Gasteiger partial charge in [0.1, 0.15) is 10.7 Å². The third-order valence-electron chi connectivity index (χ3n) is 3.42. The molecule has 0 radical (unpaired) electrons. The lowest BCUT2D eigenvalue weighted by Gasteiger charge is -2.24. The zero-order valence-corrected chi connectivity index (χ0v) is 15.8. The Bertz CT molecular complexity index is 894. The van der Waals surface area contributed by atoms with Crippen molar-refractivity contribution < 1.29 is 22.4 Å². The molecule has 5 nitrogen and oxygen atoms in total. The SMILES string of the molecule is CCC(=O)N(C(=O)CC)c1c(-c2cccs2)cc(F)cc1S(=O)(=O)Cl. The van der Waals surface area contributed by atoms with E-state index in [0.717, 1.165) is 11.0 Å². The Balaban J connectivity index is 2.93. The number of thiophene rings is 1. The van der Waals surface area contributed by atoms with E-state index in [0.29, 0.717) is 10.9 Å². The van der Waals surface area contributed by atoms with E-state index in [1.165, 1.54) is 11.3 Å². The van der Waals surface area contributed by atoms with Gasteiger partial charge in [0, 0.05) is 34.0 Å². The van der Waals surface area contributed by atoms with Crippen LogP contribution >= 0.6 is 22.0 Å². The van der Waals surface area contributed by atoms with Gasteiger partial charge >= 0.3 is 0 Å². The Morgan fingerprint density at radius 2 is 1.80 bits per heavy atom. The number of rotatable bonds is 5. The molecule has 2 aromatic rings. The molecular weight excluding hydrogens is 389 g/mol. The van der Waals surface area contributed by atoms with Crippen LogP contribution in [0.15, 0.2) is 34.5 Å². The van der Waals surface area contributed by atoms with Crippen LogP contribution in [-0.4, -0.2) is 20.2 Å². The van der Waals surface area contributed by atoms with Crippen molar-refractivity contribution in [2.45, 2.75) is 31.6 Å². The largest absolute Gasteiger partial charge is 0.274 e. The van der Waals surface area contributed by atoms with E-state index in [2.05, 4.69) is 0 Å². The lowest BCUT2D eigenvalue weighted by molar-refractivity contribution is -0.126. The second kappa shape index (κ2) is 7.63. The minimum atomic E-state index is -4.41. The van der Waals surface area contributed by atoms with Crippen LogP contribution in [0.25, 0.3) is 10.4 Å². The molecule has 0 unspecified atom stereocenters. The minimum Gasteiger partial charge on any atom is -0.274 e. The molecule has 2 rings (SSSR count). The highest BCUT2D eigenvalue weighted by Crippen LogP contribution is 2.41. The summed E-state index contributed by atoms with van der Waals surface area (Å²) in [5.41, 5.74) is -0.0876. The predicted molar refractivity (Wildman–Crippen MR) is 95.8 cm³/mol. The van der Waals surface area contributed by atoms with Gasteiger partial charge in [0.15, 0.2) is 0 Å². The van der Waals surface area contributed by atoms with Crippen LogP contribution in [0, 0.1) is 5.82 Å². The molecule has 2 amide bonds. The van der Waals surface area contributed by atoms with Gasteiger partial charge in [0.2, 0.25) is 11.8 Å². The Labute approximate surface area is 153 Å². The number of carbonyl (C=O) groups is 2. The smallest absolute Gasteiger partial charge is 0.263 e. The van der Waals surface area contributed by atoms with Gasteiger partial charge in [-0.15, -0.1) is 11.3 Å². The van der Waals surface area contributed by atoms with E-state index in [-0.39, 0.29) is 24.1 Å². The summed E-state index contributed by atoms with van der Waals surface area (Å²) in [5, 5.41) is 1.71. The topological polar surface area (TPSA) is 71.5 Å². The normalized spacial score (nSPS) is 11.4. The zero-order valence-electron chi connectivity index (χ0n) is 13.5. The second-order valence-corrected chi connectivity index (χ2v) is 8.53. The molecule has 134 valence electrons. The molecule has 0 aliphatic rings. The zero-order chi connectivity index (χ0) is 18.8. The first-order valence-electron chi connectivity index (χ1n) is 7.38. The molecular formula is C16H15ClFNO4S2. The van der Waals surface area contributed by atoms with Crippen molar-refractivity contribution in [2.24, 2.45) is 0 Å². The molecule has 1 heterocycles. The summed E-state index contributed by atoms with van der Waals surface area (Å²) in [6.07, 6.45) is -0.0659. The summed E-state index contributed by atoms with van der Waals surface area (Å²) in [4.78, 5) is 25.4. The fraction of sp³-hybridized carbons (Fsp3) is 0.250. The Kier molecular flexibility index (Phi) is 5.97. The maximum absolute atomic E-state index is 14.1. The number of carbonyl (C=O) groups excluding carboxylic acids is 2. The quantitative estimate of drug-likeness (QED) is 0.702. The second-order valence-electron chi connectivity index (χ2n) is 5.05. The van der Waals surface area contributed by atoms with Crippen LogP contribution in [0.1, 0.15) is 26.7 Å². The van der Waals surface area contributed by atoms with Crippen molar-refractivity contribution in [3.63, 3.8) is 0 Å². The first-order chi connectivity index (χ1) is 11.7. The predicted octanol–water partition coefficient (Wildman–Crippen LogP) is 4.16. The number of benzene rings is 1. The van der Waals surface area contributed by atoms with E-state index in [1.54, 1.807) is 31.4 Å². The highest BCUT2D eigenvalue weighted by Gasteiger charge is 2.31. The Morgan fingerprint density at radius 1 is 1.20 bits per heavy atom. The number of anilines is 1. The van der Waals surface area contributed by atoms with Crippen molar-refractivity contribution in [3.05, 3.63) is 35.5 Å². The molecule has 9 heteroatoms. The van der Waals surface area contributed by atoms with Crippen LogP contribution < -0.4 is 4.90 Å². The van der Waals surface area contributed by atoms with Crippen LogP contribution in [-0.2, 0) is 18.6 Å². The number of amides is 2. The van der Waals surface area contributed by atoms with Crippen molar-refractivity contribution in [1.82, 2.24) is 0 Å². The van der Waals surface area contributed by atoms with Crippen LogP contribution in [0.5, 0.6) is 0 Å². The van der Waals surface area contributed by atoms with Gasteiger partial charge in [0.25, 0.3) is 9.05 Å². The average Bonchev–Trinajstić information content (AvgIpc) is 3.08. The standard InChI is InChI=1S/C16H15ClFNO4S2/c1-3-14(20)19(15(21)4-2)16-11(12-6-5-7-24-12)8-10(18)9-13(16)25(17,22)23/h5-9H,3-4H2,1-2H3. The third kappa shape index (κ3) is 4.08. The minimum absolute atomic E-state index is 0.0330. The first kappa shape index (κ1) is 19.6. The van der Waals surface area contributed by atoms with Crippen molar-refractivity contribution >= 4 is 48.6 Å². The summed E-state index contributed by atoms with van der Waals surface area (Å²) in [7, 11) is 1.06. The van der Waals surface area contributed by atoms with Crippen molar-refractivity contribution in [1.29, 1.82) is 0 Å². The highest BCUT2D eigenvalue weighted by atomic mass is 35.7. The van der Waals surface area contributed by atoms with E-state index in [1.807, 2.05) is 0 Å². The van der Waals surface area contributed by atoms with Crippen LogP contribution in [0.2, 0.25) is 0 Å². The van der Waals surface area contributed by atoms with Gasteiger partial charge in [-0.3, -0.25) is 9.59 Å². The van der Waals surface area contributed by atoms with Gasteiger partial charge in [-0.1, -0.05) is 19.9 Å². The summed E-state index contributed by atoms with van der Waals surface area (Å²) in [6.45, 7) is 3.09. The monoisotopic (exact) mass is 403 g/mol. The fourth-order valence-corrected chi connectivity index (χ4v) is 4.10. The summed E-state index contributed by atoms with van der Waals surface area (Å²) in [6, 6.07) is 5.13. The number of imide groups is 1. The highest BCUT2D eigenvalue weighted by molar-refractivity contribution is 8.13. The van der Waals surface area contributed by atoms with E-state index in [4.69, 9.17) is 10.7 Å². The molecule has 0 aliphatic carbocycles. The molecule has 0 atom stereocenters. The number of hydrogen-bond acceptors (Lipinski definition) is 5. The van der Waals surface area contributed by atoms with E-state index >= 15 is 0 Å². The molecule has 0 spiro atoms. The molecule has 0 aliphatic heterocycles. The maximum atomic E-state index is 14.1. The first-order valence-corrected chi connectivity index (χ1v) is 10.6. The Morgan fingerprint density at radius 3 is 2.24 bits per heavy atom. The average molecular weight is 404 g/mol. The van der Waals surface area contributed by atoms with Crippen molar-refractivity contribution in [2.75, 3.05) is 4.90 Å². The molecule has 1 aromatic heterocycles.